The first kappa shape index (κ1) is 18.6. The normalized spacial score (nSPS) is 11.1. The lowest BCUT2D eigenvalue weighted by Crippen LogP contribution is -2.30. The molecule has 3 rings (SSSR count). The number of benzene rings is 1. The molecule has 0 spiro atoms. The molecule has 8 heteroatoms. The Morgan fingerprint density at radius 3 is 2.67 bits per heavy atom. The average Bonchev–Trinajstić information content (AvgIpc) is 3.08. The predicted molar refractivity (Wildman–Crippen MR) is 106 cm³/mol. The number of nitrogens with one attached hydrogen (secondary N) is 1. The number of fused-ring (bicyclic) bond motifs is 1. The number of hydrogen-bond acceptors (Lipinski definition) is 5. The van der Waals surface area contributed by atoms with E-state index in [2.05, 4.69) is 15.4 Å². The molecule has 1 aromatic carbocycles. The van der Waals surface area contributed by atoms with Gasteiger partial charge in [0.15, 0.2) is 5.82 Å². The summed E-state index contributed by atoms with van der Waals surface area (Å²) in [5.41, 5.74) is 1.23. The van der Waals surface area contributed by atoms with Gasteiger partial charge in [0.1, 0.15) is 5.82 Å². The molecule has 142 valence electrons. The van der Waals surface area contributed by atoms with Gasteiger partial charge in [0.2, 0.25) is 5.91 Å². The highest BCUT2D eigenvalue weighted by atomic mass is 16.2. The summed E-state index contributed by atoms with van der Waals surface area (Å²) in [5, 5.41) is 7.07. The van der Waals surface area contributed by atoms with Gasteiger partial charge in [-0.05, 0) is 26.0 Å². The minimum atomic E-state index is -0.210. The Balaban J connectivity index is 1.84. The second-order valence-corrected chi connectivity index (χ2v) is 6.83. The summed E-state index contributed by atoms with van der Waals surface area (Å²) in [6, 6.07) is 9.34. The van der Waals surface area contributed by atoms with Crippen LogP contribution in [-0.4, -0.2) is 39.3 Å². The Kier molecular flexibility index (Phi) is 5.25. The quantitative estimate of drug-likeness (QED) is 0.721. The molecule has 0 bridgehead atoms. The first-order chi connectivity index (χ1) is 12.9. The Bertz CT molecular complexity index is 1020. The summed E-state index contributed by atoms with van der Waals surface area (Å²) < 4.78 is 3.35. The first-order valence-electron chi connectivity index (χ1n) is 8.88. The molecule has 0 radical (unpaired) electrons. The molecule has 2 heterocycles. The molecule has 0 aliphatic heterocycles. The van der Waals surface area contributed by atoms with Crippen molar-refractivity contribution in [2.45, 2.75) is 32.9 Å². The van der Waals surface area contributed by atoms with Crippen molar-refractivity contribution in [1.82, 2.24) is 19.3 Å². The summed E-state index contributed by atoms with van der Waals surface area (Å²) in [5.74, 6) is 0.833. The standard InChI is InChI=1S/C19H24N6O2/c1-13(2)25-16(9-11-20-25)22-17(26)10-12-24-15-8-6-5-7-14(15)21-18(19(24)27)23(3)4/h5-9,11,13H,10,12H2,1-4H3,(H,22,26). The maximum Gasteiger partial charge on any atom is 0.293 e. The molecule has 1 amide bonds. The van der Waals surface area contributed by atoms with Crippen LogP contribution in [0.4, 0.5) is 11.6 Å². The number of aromatic nitrogens is 4. The summed E-state index contributed by atoms with van der Waals surface area (Å²) in [7, 11) is 3.56. The van der Waals surface area contributed by atoms with Crippen molar-refractivity contribution < 1.29 is 4.79 Å². The molecule has 0 atom stereocenters. The van der Waals surface area contributed by atoms with Gasteiger partial charge < -0.3 is 14.8 Å². The molecule has 0 saturated carbocycles. The smallest absolute Gasteiger partial charge is 0.293 e. The van der Waals surface area contributed by atoms with Gasteiger partial charge in [0, 0.05) is 39.2 Å². The molecule has 0 aliphatic rings. The summed E-state index contributed by atoms with van der Waals surface area (Å²) in [6.07, 6.45) is 1.82. The van der Waals surface area contributed by atoms with Gasteiger partial charge in [-0.25, -0.2) is 9.67 Å². The zero-order chi connectivity index (χ0) is 19.6. The fourth-order valence-electron chi connectivity index (χ4n) is 2.94. The van der Waals surface area contributed by atoms with Crippen LogP contribution in [-0.2, 0) is 11.3 Å². The van der Waals surface area contributed by atoms with Gasteiger partial charge in [-0.15, -0.1) is 0 Å². The lowest BCUT2D eigenvalue weighted by atomic mass is 10.2. The maximum absolute atomic E-state index is 12.8. The first-order valence-corrected chi connectivity index (χ1v) is 8.88. The Labute approximate surface area is 157 Å². The monoisotopic (exact) mass is 368 g/mol. The molecule has 2 aromatic heterocycles. The van der Waals surface area contributed by atoms with E-state index in [1.54, 1.807) is 40.5 Å². The molecule has 0 saturated heterocycles. The minimum Gasteiger partial charge on any atom is -0.358 e. The van der Waals surface area contributed by atoms with E-state index in [1.807, 2.05) is 38.1 Å². The van der Waals surface area contributed by atoms with Crippen molar-refractivity contribution >= 4 is 28.6 Å². The molecular formula is C19H24N6O2. The van der Waals surface area contributed by atoms with Crippen molar-refractivity contribution in [3.8, 4) is 0 Å². The SMILES string of the molecule is CC(C)n1nccc1NC(=O)CCn1c(=O)c(N(C)C)nc2ccccc21. The molecule has 27 heavy (non-hydrogen) atoms. The van der Waals surface area contributed by atoms with Crippen molar-refractivity contribution in [1.29, 1.82) is 0 Å². The van der Waals surface area contributed by atoms with Crippen molar-refractivity contribution in [2.24, 2.45) is 0 Å². The van der Waals surface area contributed by atoms with Crippen LogP contribution in [0.15, 0.2) is 41.3 Å². The van der Waals surface area contributed by atoms with E-state index in [0.29, 0.717) is 17.2 Å². The number of amides is 1. The molecule has 0 fully saturated rings. The average molecular weight is 368 g/mol. The largest absolute Gasteiger partial charge is 0.358 e. The Morgan fingerprint density at radius 2 is 1.96 bits per heavy atom. The fourth-order valence-corrected chi connectivity index (χ4v) is 2.94. The third-order valence-corrected chi connectivity index (χ3v) is 4.25. The third-order valence-electron chi connectivity index (χ3n) is 4.25. The Morgan fingerprint density at radius 1 is 1.22 bits per heavy atom. The maximum atomic E-state index is 12.8. The number of para-hydroxylation sites is 2. The van der Waals surface area contributed by atoms with Crippen molar-refractivity contribution in [2.75, 3.05) is 24.3 Å². The Hall–Kier alpha value is -3.16. The van der Waals surface area contributed by atoms with Gasteiger partial charge in [-0.3, -0.25) is 9.59 Å². The minimum absolute atomic E-state index is 0.143. The van der Waals surface area contributed by atoms with Gasteiger partial charge in [0.05, 0.1) is 17.2 Å². The molecular weight excluding hydrogens is 344 g/mol. The van der Waals surface area contributed by atoms with E-state index >= 15 is 0 Å². The number of aryl methyl sites for hydroxylation is 1. The number of hydrogen-bond donors (Lipinski definition) is 1. The lowest BCUT2D eigenvalue weighted by molar-refractivity contribution is -0.116. The van der Waals surface area contributed by atoms with Crippen molar-refractivity contribution in [3.63, 3.8) is 0 Å². The van der Waals surface area contributed by atoms with E-state index in [-0.39, 0.29) is 30.5 Å². The number of carbonyl (C=O) groups is 1. The summed E-state index contributed by atoms with van der Waals surface area (Å²) in [6.45, 7) is 4.26. The van der Waals surface area contributed by atoms with Gasteiger partial charge in [-0.2, -0.15) is 5.10 Å². The van der Waals surface area contributed by atoms with Crippen molar-refractivity contribution in [3.05, 3.63) is 46.9 Å². The highest BCUT2D eigenvalue weighted by molar-refractivity contribution is 5.90. The van der Waals surface area contributed by atoms with Gasteiger partial charge >= 0.3 is 0 Å². The molecule has 0 unspecified atom stereocenters. The highest BCUT2D eigenvalue weighted by Crippen LogP contribution is 2.15. The highest BCUT2D eigenvalue weighted by Gasteiger charge is 2.14. The third kappa shape index (κ3) is 3.84. The van der Waals surface area contributed by atoms with Crippen LogP contribution in [0.3, 0.4) is 0 Å². The topological polar surface area (TPSA) is 85.0 Å². The van der Waals surface area contributed by atoms with E-state index in [9.17, 15) is 9.59 Å². The number of carbonyl (C=O) groups excluding carboxylic acids is 1. The van der Waals surface area contributed by atoms with Crippen LogP contribution in [0.1, 0.15) is 26.3 Å². The fraction of sp³-hybridized carbons (Fsp3) is 0.368. The van der Waals surface area contributed by atoms with Crippen LogP contribution in [0, 0.1) is 0 Å². The number of anilines is 2. The van der Waals surface area contributed by atoms with E-state index in [0.717, 1.165) is 5.52 Å². The zero-order valence-electron chi connectivity index (χ0n) is 16.0. The van der Waals surface area contributed by atoms with Gasteiger partial charge in [0.25, 0.3) is 5.56 Å². The van der Waals surface area contributed by atoms with E-state index in [1.165, 1.54) is 0 Å². The van der Waals surface area contributed by atoms with Crippen LogP contribution < -0.4 is 15.8 Å². The van der Waals surface area contributed by atoms with Crippen LogP contribution in [0.25, 0.3) is 11.0 Å². The molecule has 3 aromatic rings. The second kappa shape index (κ2) is 7.61. The molecule has 1 N–H and O–H groups in total. The summed E-state index contributed by atoms with van der Waals surface area (Å²) in [4.78, 5) is 31.4. The van der Waals surface area contributed by atoms with Crippen LogP contribution >= 0.6 is 0 Å². The number of rotatable bonds is 6. The van der Waals surface area contributed by atoms with E-state index < -0.39 is 0 Å². The zero-order valence-corrected chi connectivity index (χ0v) is 16.0. The van der Waals surface area contributed by atoms with Crippen LogP contribution in [0.2, 0.25) is 0 Å². The number of nitrogens with zero attached hydrogens (tertiary/aromatic N) is 5. The predicted octanol–water partition coefficient (Wildman–Crippen LogP) is 2.27. The summed E-state index contributed by atoms with van der Waals surface area (Å²) >= 11 is 0. The molecule has 8 nitrogen and oxygen atoms in total. The van der Waals surface area contributed by atoms with Gasteiger partial charge in [-0.1, -0.05) is 12.1 Å². The van der Waals surface area contributed by atoms with Crippen LogP contribution in [0.5, 0.6) is 0 Å². The van der Waals surface area contributed by atoms with E-state index in [4.69, 9.17) is 0 Å². The molecule has 0 aliphatic carbocycles. The lowest BCUT2D eigenvalue weighted by Gasteiger charge is -2.16. The second-order valence-electron chi connectivity index (χ2n) is 6.83.